The molecule has 1 saturated carbocycles. The molecule has 4 amide bonds. The third kappa shape index (κ3) is 6.48. The van der Waals surface area contributed by atoms with E-state index in [1.165, 1.54) is 0 Å². The number of imide groups is 1. The second-order valence-electron chi connectivity index (χ2n) is 12.2. The van der Waals surface area contributed by atoms with Crippen LogP contribution in [0.15, 0.2) is 18.2 Å². The second kappa shape index (κ2) is 11.3. The van der Waals surface area contributed by atoms with E-state index < -0.39 is 17.6 Å². The average molecular weight is 527 g/mol. The molecule has 1 atom stereocenters. The topological polar surface area (TPSA) is 108 Å². The van der Waals surface area contributed by atoms with Crippen molar-refractivity contribution in [1.82, 2.24) is 15.5 Å². The van der Waals surface area contributed by atoms with E-state index in [4.69, 9.17) is 4.74 Å². The monoisotopic (exact) mass is 526 g/mol. The maximum absolute atomic E-state index is 13.4. The van der Waals surface area contributed by atoms with Gasteiger partial charge in [0.05, 0.1) is 0 Å². The largest absolute Gasteiger partial charge is 0.444 e. The van der Waals surface area contributed by atoms with Crippen LogP contribution < -0.4 is 15.5 Å². The Morgan fingerprint density at radius 1 is 1.13 bits per heavy atom. The van der Waals surface area contributed by atoms with Crippen LogP contribution in [0, 0.1) is 5.92 Å². The van der Waals surface area contributed by atoms with Crippen LogP contribution in [0.25, 0.3) is 0 Å². The molecule has 3 aliphatic rings. The number of fused-ring (bicyclic) bond motifs is 1. The Labute approximate surface area is 225 Å². The Morgan fingerprint density at radius 3 is 2.47 bits per heavy atom. The summed E-state index contributed by atoms with van der Waals surface area (Å²) in [4.78, 5) is 53.9. The van der Waals surface area contributed by atoms with Gasteiger partial charge in [-0.3, -0.25) is 19.7 Å². The number of benzene rings is 1. The first kappa shape index (κ1) is 27.9. The molecule has 38 heavy (non-hydrogen) atoms. The number of nitrogens with one attached hydrogen (secondary N) is 2. The van der Waals surface area contributed by atoms with Gasteiger partial charge in [-0.2, -0.15) is 0 Å². The number of hydrogen-bond donors (Lipinski definition) is 2. The van der Waals surface area contributed by atoms with Crippen molar-refractivity contribution in [1.29, 1.82) is 0 Å². The van der Waals surface area contributed by atoms with E-state index in [1.54, 1.807) is 4.90 Å². The van der Waals surface area contributed by atoms with E-state index in [0.29, 0.717) is 24.4 Å². The molecule has 4 rings (SSSR count). The molecule has 2 N–H and O–H groups in total. The Kier molecular flexibility index (Phi) is 8.33. The van der Waals surface area contributed by atoms with Crippen molar-refractivity contribution >= 4 is 29.5 Å². The highest BCUT2D eigenvalue weighted by atomic mass is 16.6. The number of rotatable bonds is 7. The third-order valence-corrected chi connectivity index (χ3v) is 7.67. The van der Waals surface area contributed by atoms with Gasteiger partial charge in [-0.25, -0.2) is 4.79 Å². The lowest BCUT2D eigenvalue weighted by atomic mass is 9.89. The van der Waals surface area contributed by atoms with Crippen molar-refractivity contribution in [3.8, 4) is 0 Å². The molecular formula is C29H42N4O5. The molecule has 9 heteroatoms. The van der Waals surface area contributed by atoms with Gasteiger partial charge >= 0.3 is 6.09 Å². The fraction of sp³-hybridized carbons (Fsp3) is 0.655. The summed E-state index contributed by atoms with van der Waals surface area (Å²) < 4.78 is 5.44. The van der Waals surface area contributed by atoms with E-state index >= 15 is 0 Å². The zero-order valence-electron chi connectivity index (χ0n) is 23.3. The van der Waals surface area contributed by atoms with Crippen molar-refractivity contribution in [2.24, 2.45) is 5.92 Å². The lowest BCUT2D eigenvalue weighted by molar-refractivity contribution is -0.136. The normalized spacial score (nSPS) is 23.8. The highest BCUT2D eigenvalue weighted by Crippen LogP contribution is 2.37. The summed E-state index contributed by atoms with van der Waals surface area (Å²) in [7, 11) is 0. The van der Waals surface area contributed by atoms with Gasteiger partial charge in [-0.15, -0.1) is 0 Å². The number of carbonyl (C=O) groups excluding carboxylic acids is 4. The number of piperidine rings is 1. The van der Waals surface area contributed by atoms with Crippen LogP contribution in [0.5, 0.6) is 0 Å². The first-order valence-electron chi connectivity index (χ1n) is 14.0. The van der Waals surface area contributed by atoms with Gasteiger partial charge in [0.15, 0.2) is 0 Å². The van der Waals surface area contributed by atoms with Crippen LogP contribution in [-0.4, -0.2) is 59.0 Å². The van der Waals surface area contributed by atoms with Gasteiger partial charge in [-0.05, 0) is 77.3 Å². The minimum Gasteiger partial charge on any atom is -0.444 e. The molecule has 0 radical (unpaired) electrons. The average Bonchev–Trinajstić information content (AvgIpc) is 3.15. The fourth-order valence-electron chi connectivity index (χ4n) is 5.74. The van der Waals surface area contributed by atoms with E-state index in [9.17, 15) is 19.2 Å². The van der Waals surface area contributed by atoms with Gasteiger partial charge in [0, 0.05) is 48.4 Å². The standard InChI is InChI=1S/C29H42N4O5/c1-18(2)15-16-32(20-11-9-19(10-12-20)30-28(37)38-29(3,4)5)23-8-6-7-21-22(23)17-33(27(21)36)24-13-14-25(34)31-26(24)35/h6-8,18-20,24H,9-17H2,1-5H3,(H,30,37)(H,31,34,35). The molecule has 1 aliphatic carbocycles. The minimum absolute atomic E-state index is 0.0825. The minimum atomic E-state index is -0.626. The molecule has 2 fully saturated rings. The number of carbonyl (C=O) groups is 4. The quantitative estimate of drug-likeness (QED) is 0.517. The lowest BCUT2D eigenvalue weighted by Gasteiger charge is -2.40. The number of anilines is 1. The Bertz CT molecular complexity index is 1070. The van der Waals surface area contributed by atoms with E-state index in [-0.39, 0.29) is 36.4 Å². The molecule has 1 unspecified atom stereocenters. The van der Waals surface area contributed by atoms with Crippen LogP contribution in [0.2, 0.25) is 0 Å². The highest BCUT2D eigenvalue weighted by Gasteiger charge is 2.41. The molecule has 208 valence electrons. The second-order valence-corrected chi connectivity index (χ2v) is 12.2. The van der Waals surface area contributed by atoms with E-state index in [0.717, 1.165) is 49.9 Å². The first-order valence-corrected chi connectivity index (χ1v) is 14.0. The van der Waals surface area contributed by atoms with Gasteiger partial charge in [0.2, 0.25) is 11.8 Å². The Morgan fingerprint density at radius 2 is 1.84 bits per heavy atom. The number of alkyl carbamates (subject to hydrolysis) is 1. The van der Waals surface area contributed by atoms with Gasteiger partial charge in [0.1, 0.15) is 11.6 Å². The molecule has 1 aromatic carbocycles. The summed E-state index contributed by atoms with van der Waals surface area (Å²) in [5.41, 5.74) is 2.12. The summed E-state index contributed by atoms with van der Waals surface area (Å²) in [5, 5.41) is 5.41. The van der Waals surface area contributed by atoms with Crippen LogP contribution in [0.4, 0.5) is 10.5 Å². The zero-order valence-corrected chi connectivity index (χ0v) is 23.3. The van der Waals surface area contributed by atoms with Crippen molar-refractivity contribution in [3.63, 3.8) is 0 Å². The van der Waals surface area contributed by atoms with Crippen LogP contribution in [0.1, 0.15) is 95.5 Å². The third-order valence-electron chi connectivity index (χ3n) is 7.67. The van der Waals surface area contributed by atoms with Crippen LogP contribution >= 0.6 is 0 Å². The van der Waals surface area contributed by atoms with Crippen molar-refractivity contribution in [3.05, 3.63) is 29.3 Å². The van der Waals surface area contributed by atoms with E-state index in [1.807, 2.05) is 32.9 Å². The Balaban J connectivity index is 1.50. The Hall–Kier alpha value is -3.10. The molecule has 0 bridgehead atoms. The molecular weight excluding hydrogens is 484 g/mol. The first-order chi connectivity index (χ1) is 17.9. The molecule has 9 nitrogen and oxygen atoms in total. The SMILES string of the molecule is CC(C)CCN(c1cccc2c1CN(C1CCC(=O)NC1=O)C2=O)C1CCC(NC(=O)OC(C)(C)C)CC1. The van der Waals surface area contributed by atoms with E-state index in [2.05, 4.69) is 35.4 Å². The summed E-state index contributed by atoms with van der Waals surface area (Å²) in [5.74, 6) is -0.296. The summed E-state index contributed by atoms with van der Waals surface area (Å²) in [6.45, 7) is 11.2. The molecule has 0 aromatic heterocycles. The molecule has 0 spiro atoms. The number of hydrogen-bond acceptors (Lipinski definition) is 6. The van der Waals surface area contributed by atoms with Crippen LogP contribution in [-0.2, 0) is 20.9 Å². The maximum atomic E-state index is 13.4. The molecule has 1 aromatic rings. The maximum Gasteiger partial charge on any atom is 0.407 e. The summed E-state index contributed by atoms with van der Waals surface area (Å²) in [6.07, 6.45) is 4.81. The predicted molar refractivity (Wildman–Crippen MR) is 145 cm³/mol. The molecule has 2 aliphatic heterocycles. The van der Waals surface area contributed by atoms with Crippen molar-refractivity contribution < 1.29 is 23.9 Å². The summed E-state index contributed by atoms with van der Waals surface area (Å²) in [6, 6.07) is 5.61. The molecule has 1 saturated heterocycles. The molecule has 2 heterocycles. The smallest absolute Gasteiger partial charge is 0.407 e. The van der Waals surface area contributed by atoms with Gasteiger partial charge in [0.25, 0.3) is 5.91 Å². The zero-order chi connectivity index (χ0) is 27.6. The predicted octanol–water partition coefficient (Wildman–Crippen LogP) is 4.14. The van der Waals surface area contributed by atoms with Crippen molar-refractivity contribution in [2.45, 2.75) is 110 Å². The van der Waals surface area contributed by atoms with Crippen molar-refractivity contribution in [2.75, 3.05) is 11.4 Å². The fourth-order valence-corrected chi connectivity index (χ4v) is 5.74. The van der Waals surface area contributed by atoms with Gasteiger partial charge < -0.3 is 19.9 Å². The lowest BCUT2D eigenvalue weighted by Crippen LogP contribution is -2.52. The highest BCUT2D eigenvalue weighted by molar-refractivity contribution is 6.06. The summed E-state index contributed by atoms with van der Waals surface area (Å²) >= 11 is 0. The number of amides is 4. The van der Waals surface area contributed by atoms with Gasteiger partial charge in [-0.1, -0.05) is 19.9 Å². The number of ether oxygens (including phenoxy) is 1. The number of nitrogens with zero attached hydrogens (tertiary/aromatic N) is 2. The van der Waals surface area contributed by atoms with Crippen LogP contribution in [0.3, 0.4) is 0 Å².